The normalized spacial score (nSPS) is 24.1. The lowest BCUT2D eigenvalue weighted by molar-refractivity contribution is 0.388. The predicted octanol–water partition coefficient (Wildman–Crippen LogP) is 2.59. The Morgan fingerprint density at radius 1 is 1.35 bits per heavy atom. The Hall–Kier alpha value is -1.63. The third-order valence-corrected chi connectivity index (χ3v) is 3.35. The van der Waals surface area contributed by atoms with Crippen LogP contribution in [0.15, 0.2) is 6.20 Å². The highest BCUT2D eigenvalue weighted by atomic mass is 15.1. The predicted molar refractivity (Wildman–Crippen MR) is 66.5 cm³/mol. The molecule has 1 aromatic rings. The molecule has 1 aliphatic carbocycles. The van der Waals surface area contributed by atoms with Crippen molar-refractivity contribution in [2.45, 2.75) is 45.6 Å². The van der Waals surface area contributed by atoms with Gasteiger partial charge >= 0.3 is 0 Å². The molecule has 90 valence electrons. The van der Waals surface area contributed by atoms with E-state index in [1.165, 1.54) is 6.42 Å². The summed E-state index contributed by atoms with van der Waals surface area (Å²) in [6.07, 6.45) is 6.24. The third-order valence-electron chi connectivity index (χ3n) is 3.35. The minimum absolute atomic E-state index is 0.110. The molecule has 1 fully saturated rings. The molecule has 1 heterocycles. The Morgan fingerprint density at radius 2 is 2.12 bits per heavy atom. The molecule has 1 N–H and O–H groups in total. The Bertz CT molecular complexity index is 436. The van der Waals surface area contributed by atoms with Crippen LogP contribution in [-0.2, 0) is 0 Å². The zero-order valence-electron chi connectivity index (χ0n) is 10.4. The molecule has 0 saturated heterocycles. The van der Waals surface area contributed by atoms with Gasteiger partial charge < -0.3 is 5.32 Å². The molecule has 4 nitrogen and oxygen atoms in total. The van der Waals surface area contributed by atoms with Crippen molar-refractivity contribution in [3.05, 3.63) is 17.6 Å². The number of rotatable bonds is 2. The fourth-order valence-corrected chi connectivity index (χ4v) is 2.31. The molecule has 17 heavy (non-hydrogen) atoms. The van der Waals surface area contributed by atoms with Gasteiger partial charge in [0.05, 0.1) is 12.0 Å². The van der Waals surface area contributed by atoms with Crippen LogP contribution in [0.3, 0.4) is 0 Å². The number of hydrogen-bond acceptors (Lipinski definition) is 4. The lowest BCUT2D eigenvalue weighted by Gasteiger charge is -2.28. The molecule has 1 aromatic heterocycles. The van der Waals surface area contributed by atoms with Crippen LogP contribution in [0.4, 0.5) is 5.82 Å². The molecule has 4 heteroatoms. The molecule has 0 radical (unpaired) electrons. The van der Waals surface area contributed by atoms with E-state index >= 15 is 0 Å². The fourth-order valence-electron chi connectivity index (χ4n) is 2.31. The summed E-state index contributed by atoms with van der Waals surface area (Å²) in [4.78, 5) is 8.56. The van der Waals surface area contributed by atoms with Crippen molar-refractivity contribution in [3.63, 3.8) is 0 Å². The van der Waals surface area contributed by atoms with E-state index in [-0.39, 0.29) is 12.0 Å². The summed E-state index contributed by atoms with van der Waals surface area (Å²) in [6.45, 7) is 3.87. The maximum absolute atomic E-state index is 9.14. The van der Waals surface area contributed by atoms with Gasteiger partial charge in [0.25, 0.3) is 0 Å². The topological polar surface area (TPSA) is 61.6 Å². The number of nitrogens with one attached hydrogen (secondary N) is 1. The second kappa shape index (κ2) is 5.13. The highest BCUT2D eigenvalue weighted by molar-refractivity contribution is 5.43. The average Bonchev–Trinajstić information content (AvgIpc) is 2.34. The number of nitrogens with zero attached hydrogens (tertiary/aromatic N) is 3. The maximum atomic E-state index is 9.14. The number of aromatic nitrogens is 2. The fraction of sp³-hybridized carbons (Fsp3) is 0.615. The van der Waals surface area contributed by atoms with Crippen molar-refractivity contribution in [1.82, 2.24) is 9.97 Å². The van der Waals surface area contributed by atoms with Crippen LogP contribution in [0.1, 0.15) is 37.1 Å². The summed E-state index contributed by atoms with van der Waals surface area (Å²) < 4.78 is 0. The third kappa shape index (κ3) is 2.73. The van der Waals surface area contributed by atoms with Gasteiger partial charge in [0.2, 0.25) is 0 Å². The molecule has 2 rings (SSSR count). The second-order valence-corrected chi connectivity index (χ2v) is 4.72. The van der Waals surface area contributed by atoms with E-state index in [9.17, 15) is 0 Å². The first kappa shape index (κ1) is 11.8. The Labute approximate surface area is 102 Å². The molecule has 0 aliphatic heterocycles. The van der Waals surface area contributed by atoms with Gasteiger partial charge in [-0.15, -0.1) is 0 Å². The molecule has 2 unspecified atom stereocenters. The van der Waals surface area contributed by atoms with Gasteiger partial charge in [-0.2, -0.15) is 5.26 Å². The molecule has 0 bridgehead atoms. The summed E-state index contributed by atoms with van der Waals surface area (Å²) in [5.41, 5.74) is 1.04. The minimum atomic E-state index is 0.110. The molecule has 2 atom stereocenters. The van der Waals surface area contributed by atoms with Crippen molar-refractivity contribution in [2.24, 2.45) is 5.92 Å². The average molecular weight is 230 g/mol. The van der Waals surface area contributed by atoms with E-state index in [4.69, 9.17) is 5.26 Å². The van der Waals surface area contributed by atoms with Gasteiger partial charge in [-0.1, -0.05) is 12.8 Å². The quantitative estimate of drug-likeness (QED) is 0.848. The van der Waals surface area contributed by atoms with E-state index in [2.05, 4.69) is 21.4 Å². The van der Waals surface area contributed by atoms with E-state index in [0.717, 1.165) is 36.5 Å². The molecule has 0 amide bonds. The smallest absolute Gasteiger partial charge is 0.132 e. The van der Waals surface area contributed by atoms with Crippen molar-refractivity contribution < 1.29 is 0 Å². The van der Waals surface area contributed by atoms with Crippen molar-refractivity contribution in [1.29, 1.82) is 5.26 Å². The van der Waals surface area contributed by atoms with Gasteiger partial charge in [0.15, 0.2) is 0 Å². The van der Waals surface area contributed by atoms with Crippen LogP contribution in [0.25, 0.3) is 0 Å². The molecule has 1 aliphatic rings. The molecule has 1 saturated carbocycles. The van der Waals surface area contributed by atoms with E-state index in [1.54, 1.807) is 0 Å². The molecular formula is C13H18N4. The first-order chi connectivity index (χ1) is 8.20. The highest BCUT2D eigenvalue weighted by Gasteiger charge is 2.25. The van der Waals surface area contributed by atoms with Crippen LogP contribution >= 0.6 is 0 Å². The summed E-state index contributed by atoms with van der Waals surface area (Å²) in [5, 5.41) is 12.6. The van der Waals surface area contributed by atoms with Crippen molar-refractivity contribution in [3.8, 4) is 6.07 Å². The zero-order valence-corrected chi connectivity index (χ0v) is 10.4. The lowest BCUT2D eigenvalue weighted by Crippen LogP contribution is -2.32. The maximum Gasteiger partial charge on any atom is 0.132 e. The van der Waals surface area contributed by atoms with E-state index in [0.29, 0.717) is 0 Å². The number of anilines is 1. The van der Waals surface area contributed by atoms with Gasteiger partial charge in [0.1, 0.15) is 11.6 Å². The van der Waals surface area contributed by atoms with Gasteiger partial charge in [0, 0.05) is 17.8 Å². The van der Waals surface area contributed by atoms with Crippen LogP contribution in [0.2, 0.25) is 0 Å². The highest BCUT2D eigenvalue weighted by Crippen LogP contribution is 2.27. The van der Waals surface area contributed by atoms with Crippen LogP contribution in [-0.4, -0.2) is 16.0 Å². The largest absolute Gasteiger partial charge is 0.366 e. The van der Waals surface area contributed by atoms with Gasteiger partial charge in [-0.25, -0.2) is 9.97 Å². The van der Waals surface area contributed by atoms with Crippen LogP contribution < -0.4 is 5.32 Å². The zero-order chi connectivity index (χ0) is 12.3. The Kier molecular flexibility index (Phi) is 3.58. The van der Waals surface area contributed by atoms with Crippen molar-refractivity contribution >= 4 is 5.82 Å². The summed E-state index contributed by atoms with van der Waals surface area (Å²) >= 11 is 0. The summed E-state index contributed by atoms with van der Waals surface area (Å²) in [6, 6.07) is 2.64. The van der Waals surface area contributed by atoms with Crippen molar-refractivity contribution in [2.75, 3.05) is 5.32 Å². The Morgan fingerprint density at radius 3 is 2.88 bits per heavy atom. The Balaban J connectivity index is 2.14. The molecular weight excluding hydrogens is 212 g/mol. The van der Waals surface area contributed by atoms with Crippen LogP contribution in [0.5, 0.6) is 0 Å². The molecule has 0 aromatic carbocycles. The first-order valence-electron chi connectivity index (χ1n) is 6.17. The summed E-state index contributed by atoms with van der Waals surface area (Å²) in [7, 11) is 0. The number of nitriles is 1. The van der Waals surface area contributed by atoms with Gasteiger partial charge in [-0.3, -0.25) is 0 Å². The van der Waals surface area contributed by atoms with Gasteiger partial charge in [-0.05, 0) is 26.7 Å². The second-order valence-electron chi connectivity index (χ2n) is 4.72. The van der Waals surface area contributed by atoms with E-state index < -0.39 is 0 Å². The summed E-state index contributed by atoms with van der Waals surface area (Å²) in [5.74, 6) is 1.76. The molecule has 0 spiro atoms. The minimum Gasteiger partial charge on any atom is -0.366 e. The lowest BCUT2D eigenvalue weighted by atomic mass is 9.85. The number of hydrogen-bond donors (Lipinski definition) is 1. The van der Waals surface area contributed by atoms with Crippen LogP contribution in [0, 0.1) is 31.1 Å². The van der Waals surface area contributed by atoms with E-state index in [1.807, 2.05) is 20.0 Å². The number of aryl methyl sites for hydroxylation is 2. The standard InChI is InChI=1S/C13H18N4/c1-9-8-15-10(2)16-13(9)17-12-6-4-3-5-11(12)7-14/h8,11-12H,3-6H2,1-2H3,(H,15,16,17). The SMILES string of the molecule is Cc1ncc(C)c(NC2CCCCC2C#N)n1. The first-order valence-corrected chi connectivity index (χ1v) is 6.17. The monoisotopic (exact) mass is 230 g/mol.